The molecule has 5 nitrogen and oxygen atoms in total. The van der Waals surface area contributed by atoms with Crippen LogP contribution in [-0.4, -0.2) is 17.6 Å². The number of amides is 1. The van der Waals surface area contributed by atoms with Crippen LogP contribution in [0, 0.1) is 0 Å². The van der Waals surface area contributed by atoms with E-state index in [1.54, 1.807) is 0 Å². The minimum absolute atomic E-state index is 0.0636. The maximum absolute atomic E-state index is 12.6. The second kappa shape index (κ2) is 8.18. The van der Waals surface area contributed by atoms with Crippen LogP contribution < -0.4 is 10.9 Å². The number of ether oxygens (including phenoxy) is 1. The first-order valence-corrected chi connectivity index (χ1v) is 7.27. The van der Waals surface area contributed by atoms with Gasteiger partial charge in [-0.05, 0) is 17.2 Å². The van der Waals surface area contributed by atoms with E-state index in [1.807, 2.05) is 35.3 Å². The lowest BCUT2D eigenvalue weighted by atomic mass is 10.2. The SMILES string of the molecule is O=C(NCC=Cc1c[nH]c(=O)c(C(F)(F)F)c1)OCc1ccccc1. The summed E-state index contributed by atoms with van der Waals surface area (Å²) < 4.78 is 42.9. The molecule has 8 heteroatoms. The lowest BCUT2D eigenvalue weighted by Gasteiger charge is -2.06. The van der Waals surface area contributed by atoms with E-state index in [4.69, 9.17) is 4.74 Å². The van der Waals surface area contributed by atoms with Crippen LogP contribution in [0.15, 0.2) is 53.5 Å². The Bertz CT molecular complexity index is 799. The highest BCUT2D eigenvalue weighted by atomic mass is 19.4. The molecule has 1 amide bonds. The van der Waals surface area contributed by atoms with Crippen molar-refractivity contribution in [3.8, 4) is 0 Å². The Kier molecular flexibility index (Phi) is 5.99. The predicted octanol–water partition coefficient (Wildman–Crippen LogP) is 3.33. The number of nitrogens with one attached hydrogen (secondary N) is 2. The summed E-state index contributed by atoms with van der Waals surface area (Å²) in [5.74, 6) is 0. The average Bonchev–Trinajstić information content (AvgIpc) is 2.58. The number of alkyl halides is 3. The van der Waals surface area contributed by atoms with Gasteiger partial charge in [0.2, 0.25) is 0 Å². The van der Waals surface area contributed by atoms with E-state index in [2.05, 4.69) is 5.32 Å². The lowest BCUT2D eigenvalue weighted by molar-refractivity contribution is -0.138. The average molecular weight is 352 g/mol. The molecule has 0 aliphatic heterocycles. The third-order valence-corrected chi connectivity index (χ3v) is 3.12. The van der Waals surface area contributed by atoms with Crippen molar-refractivity contribution in [3.05, 3.63) is 75.7 Å². The standard InChI is InChI=1S/C17H15F3N2O3/c18-17(19,20)14-9-13(10-22-15(14)23)7-4-8-21-16(24)25-11-12-5-2-1-3-6-12/h1-7,9-10H,8,11H2,(H,21,24)(H,22,23). The van der Waals surface area contributed by atoms with Crippen molar-refractivity contribution in [1.82, 2.24) is 10.3 Å². The van der Waals surface area contributed by atoms with Crippen LogP contribution in [0.5, 0.6) is 0 Å². The minimum Gasteiger partial charge on any atom is -0.445 e. The number of alkyl carbamates (subject to hydrolysis) is 1. The Morgan fingerprint density at radius 1 is 1.24 bits per heavy atom. The summed E-state index contributed by atoms with van der Waals surface area (Å²) in [6.07, 6.45) is -1.43. The molecule has 25 heavy (non-hydrogen) atoms. The van der Waals surface area contributed by atoms with Crippen LogP contribution in [0.25, 0.3) is 6.08 Å². The smallest absolute Gasteiger partial charge is 0.421 e. The topological polar surface area (TPSA) is 71.2 Å². The van der Waals surface area contributed by atoms with Gasteiger partial charge in [0.1, 0.15) is 12.2 Å². The van der Waals surface area contributed by atoms with Crippen molar-refractivity contribution >= 4 is 12.2 Å². The summed E-state index contributed by atoms with van der Waals surface area (Å²) in [6, 6.07) is 9.83. The monoisotopic (exact) mass is 352 g/mol. The summed E-state index contributed by atoms with van der Waals surface area (Å²) >= 11 is 0. The van der Waals surface area contributed by atoms with Crippen LogP contribution in [0.4, 0.5) is 18.0 Å². The number of benzene rings is 1. The number of aromatic nitrogens is 1. The van der Waals surface area contributed by atoms with Crippen LogP contribution in [0.2, 0.25) is 0 Å². The minimum atomic E-state index is -4.73. The number of hydrogen-bond donors (Lipinski definition) is 2. The Labute approximate surface area is 141 Å². The summed E-state index contributed by atoms with van der Waals surface area (Å²) in [4.78, 5) is 24.7. The highest BCUT2D eigenvalue weighted by Gasteiger charge is 2.33. The molecule has 132 valence electrons. The van der Waals surface area contributed by atoms with E-state index < -0.39 is 23.4 Å². The van der Waals surface area contributed by atoms with E-state index in [0.717, 1.165) is 17.8 Å². The van der Waals surface area contributed by atoms with Gasteiger partial charge in [-0.2, -0.15) is 13.2 Å². The molecule has 0 radical (unpaired) electrons. The first kappa shape index (κ1) is 18.3. The number of carbonyl (C=O) groups is 1. The zero-order valence-corrected chi connectivity index (χ0v) is 13.0. The highest BCUT2D eigenvalue weighted by Crippen LogP contribution is 2.26. The molecule has 0 saturated carbocycles. The molecular formula is C17H15F3N2O3. The Balaban J connectivity index is 1.83. The van der Waals surface area contributed by atoms with Crippen molar-refractivity contribution < 1.29 is 22.7 Å². The first-order valence-electron chi connectivity index (χ1n) is 7.27. The van der Waals surface area contributed by atoms with E-state index in [0.29, 0.717) is 0 Å². The van der Waals surface area contributed by atoms with Gasteiger partial charge in [-0.25, -0.2) is 4.79 Å². The number of rotatable bonds is 5. The molecule has 2 rings (SSSR count). The van der Waals surface area contributed by atoms with Crippen molar-refractivity contribution in [2.75, 3.05) is 6.54 Å². The number of H-pyrrole nitrogens is 1. The molecule has 0 atom stereocenters. The zero-order chi connectivity index (χ0) is 18.3. The Morgan fingerprint density at radius 3 is 2.64 bits per heavy atom. The summed E-state index contributed by atoms with van der Waals surface area (Å²) in [6.45, 7) is 0.180. The predicted molar refractivity (Wildman–Crippen MR) is 85.7 cm³/mol. The quantitative estimate of drug-likeness (QED) is 0.867. The van der Waals surface area contributed by atoms with Crippen molar-refractivity contribution in [3.63, 3.8) is 0 Å². The maximum Gasteiger partial charge on any atom is 0.421 e. The van der Waals surface area contributed by atoms with Crippen LogP contribution in [0.3, 0.4) is 0 Å². The van der Waals surface area contributed by atoms with E-state index in [-0.39, 0.29) is 18.7 Å². The molecule has 2 aromatic rings. The summed E-state index contributed by atoms with van der Waals surface area (Å²) in [7, 11) is 0. The Morgan fingerprint density at radius 2 is 1.96 bits per heavy atom. The fraction of sp³-hybridized carbons (Fsp3) is 0.176. The van der Waals surface area contributed by atoms with Gasteiger partial charge in [0.05, 0.1) is 0 Å². The van der Waals surface area contributed by atoms with Gasteiger partial charge in [-0.1, -0.05) is 42.5 Å². The molecule has 0 fully saturated rings. The molecule has 1 aromatic carbocycles. The van der Waals surface area contributed by atoms with Gasteiger partial charge in [0, 0.05) is 12.7 Å². The van der Waals surface area contributed by atoms with E-state index in [9.17, 15) is 22.8 Å². The first-order chi connectivity index (χ1) is 11.9. The second-order valence-corrected chi connectivity index (χ2v) is 5.02. The second-order valence-electron chi connectivity index (χ2n) is 5.02. The van der Waals surface area contributed by atoms with Gasteiger partial charge in [-0.3, -0.25) is 4.79 Å². The molecule has 0 unspecified atom stereocenters. The molecule has 0 saturated heterocycles. The molecular weight excluding hydrogens is 337 g/mol. The molecule has 0 bridgehead atoms. The number of pyridine rings is 1. The van der Waals surface area contributed by atoms with Crippen LogP contribution in [0.1, 0.15) is 16.7 Å². The molecule has 1 heterocycles. The molecule has 0 aliphatic carbocycles. The van der Waals surface area contributed by atoms with Gasteiger partial charge >= 0.3 is 12.3 Å². The Hall–Kier alpha value is -3.03. The van der Waals surface area contributed by atoms with E-state index in [1.165, 1.54) is 12.2 Å². The van der Waals surface area contributed by atoms with Crippen molar-refractivity contribution in [2.45, 2.75) is 12.8 Å². The van der Waals surface area contributed by atoms with Gasteiger partial charge in [0.15, 0.2) is 0 Å². The van der Waals surface area contributed by atoms with E-state index >= 15 is 0 Å². The fourth-order valence-electron chi connectivity index (χ4n) is 1.92. The molecule has 0 spiro atoms. The lowest BCUT2D eigenvalue weighted by Crippen LogP contribution is -2.24. The largest absolute Gasteiger partial charge is 0.445 e. The van der Waals surface area contributed by atoms with Gasteiger partial charge < -0.3 is 15.0 Å². The normalized spacial score (nSPS) is 11.5. The van der Waals surface area contributed by atoms with Crippen molar-refractivity contribution in [1.29, 1.82) is 0 Å². The van der Waals surface area contributed by atoms with Crippen LogP contribution >= 0.6 is 0 Å². The number of halogens is 3. The van der Waals surface area contributed by atoms with Crippen molar-refractivity contribution in [2.24, 2.45) is 0 Å². The molecule has 0 aliphatic rings. The van der Waals surface area contributed by atoms with Gasteiger partial charge in [0.25, 0.3) is 5.56 Å². The third kappa shape index (κ3) is 5.83. The summed E-state index contributed by atoms with van der Waals surface area (Å²) in [5.41, 5.74) is -1.48. The van der Waals surface area contributed by atoms with Gasteiger partial charge in [-0.15, -0.1) is 0 Å². The summed E-state index contributed by atoms with van der Waals surface area (Å²) in [5, 5.41) is 2.44. The number of aromatic amines is 1. The number of hydrogen-bond acceptors (Lipinski definition) is 3. The molecule has 1 aromatic heterocycles. The van der Waals surface area contributed by atoms with Crippen LogP contribution in [-0.2, 0) is 17.5 Å². The maximum atomic E-state index is 12.6. The number of carbonyl (C=O) groups excluding carboxylic acids is 1. The third-order valence-electron chi connectivity index (χ3n) is 3.12. The zero-order valence-electron chi connectivity index (χ0n) is 13.0. The fourth-order valence-corrected chi connectivity index (χ4v) is 1.92. The highest BCUT2D eigenvalue weighted by molar-refractivity contribution is 5.67. The molecule has 2 N–H and O–H groups in total.